The van der Waals surface area contributed by atoms with Crippen molar-refractivity contribution in [3.8, 4) is 5.75 Å². The molecule has 1 rings (SSSR count). The van der Waals surface area contributed by atoms with Gasteiger partial charge in [0.2, 0.25) is 5.91 Å². The number of hydrogen-bond donors (Lipinski definition) is 3. The van der Waals surface area contributed by atoms with Crippen molar-refractivity contribution in [2.24, 2.45) is 0 Å². The molecule has 0 saturated carbocycles. The predicted molar refractivity (Wildman–Crippen MR) is 81.1 cm³/mol. The first-order valence-corrected chi connectivity index (χ1v) is 7.04. The maximum absolute atomic E-state index is 11.8. The summed E-state index contributed by atoms with van der Waals surface area (Å²) in [6.07, 6.45) is 0.217. The number of aromatic hydroxyl groups is 1. The number of carbonyl (C=O) groups is 2. The van der Waals surface area contributed by atoms with Crippen LogP contribution in [0.25, 0.3) is 0 Å². The topological polar surface area (TPSA) is 78.4 Å². The molecule has 0 aliphatic rings. The predicted octanol–water partition coefficient (Wildman–Crippen LogP) is 1.64. The quantitative estimate of drug-likeness (QED) is 0.684. The van der Waals surface area contributed by atoms with Gasteiger partial charge < -0.3 is 15.7 Å². The van der Waals surface area contributed by atoms with E-state index in [9.17, 15) is 14.7 Å². The van der Waals surface area contributed by atoms with E-state index in [4.69, 9.17) is 0 Å². The van der Waals surface area contributed by atoms with Crippen molar-refractivity contribution < 1.29 is 14.7 Å². The molecule has 1 aromatic rings. The van der Waals surface area contributed by atoms with Gasteiger partial charge in [0.25, 0.3) is 5.91 Å². The van der Waals surface area contributed by atoms with Crippen molar-refractivity contribution in [3.63, 3.8) is 0 Å². The van der Waals surface area contributed by atoms with Crippen LogP contribution < -0.4 is 10.6 Å². The second-order valence-corrected chi connectivity index (χ2v) is 5.64. The maximum atomic E-state index is 11.8. The standard InChI is InChI=1S/C13H17IN2O3/c1-8(2)16-12(18)5-6-15-13(19)10-7-9(14)3-4-11(10)17/h3-4,7-8,17H,5-6H2,1-2H3,(H,15,19)(H,16,18). The first-order chi connectivity index (χ1) is 8.90. The monoisotopic (exact) mass is 376 g/mol. The van der Waals surface area contributed by atoms with Crippen LogP contribution in [0.5, 0.6) is 5.75 Å². The number of phenols is 1. The molecule has 0 aliphatic heterocycles. The Morgan fingerprint density at radius 2 is 2.05 bits per heavy atom. The highest BCUT2D eigenvalue weighted by molar-refractivity contribution is 14.1. The van der Waals surface area contributed by atoms with Gasteiger partial charge in [-0.3, -0.25) is 9.59 Å². The van der Waals surface area contributed by atoms with Crippen LogP contribution in [0.4, 0.5) is 0 Å². The molecule has 0 aromatic heterocycles. The average Bonchev–Trinajstić information content (AvgIpc) is 2.31. The Hall–Kier alpha value is -1.31. The van der Waals surface area contributed by atoms with E-state index in [1.807, 2.05) is 13.8 Å². The van der Waals surface area contributed by atoms with Crippen LogP contribution in [0.2, 0.25) is 0 Å². The average molecular weight is 376 g/mol. The van der Waals surface area contributed by atoms with Crippen LogP contribution in [0.15, 0.2) is 18.2 Å². The van der Waals surface area contributed by atoms with Crippen LogP contribution in [-0.2, 0) is 4.79 Å². The van der Waals surface area contributed by atoms with Crippen LogP contribution in [0, 0.1) is 3.57 Å². The number of amides is 2. The molecule has 0 spiro atoms. The number of rotatable bonds is 5. The minimum atomic E-state index is -0.381. The van der Waals surface area contributed by atoms with Crippen molar-refractivity contribution in [1.82, 2.24) is 10.6 Å². The van der Waals surface area contributed by atoms with E-state index >= 15 is 0 Å². The summed E-state index contributed by atoms with van der Waals surface area (Å²) >= 11 is 2.06. The van der Waals surface area contributed by atoms with Crippen molar-refractivity contribution in [3.05, 3.63) is 27.3 Å². The van der Waals surface area contributed by atoms with Crippen LogP contribution in [-0.4, -0.2) is 29.5 Å². The minimum Gasteiger partial charge on any atom is -0.507 e. The first kappa shape index (κ1) is 15.7. The van der Waals surface area contributed by atoms with Gasteiger partial charge in [-0.2, -0.15) is 0 Å². The molecule has 3 N–H and O–H groups in total. The van der Waals surface area contributed by atoms with Gasteiger partial charge in [0.15, 0.2) is 0 Å². The van der Waals surface area contributed by atoms with Crippen molar-refractivity contribution in [2.75, 3.05) is 6.54 Å². The lowest BCUT2D eigenvalue weighted by Gasteiger charge is -2.09. The molecule has 5 nitrogen and oxygen atoms in total. The lowest BCUT2D eigenvalue weighted by Crippen LogP contribution is -2.34. The van der Waals surface area contributed by atoms with Gasteiger partial charge in [-0.25, -0.2) is 0 Å². The van der Waals surface area contributed by atoms with E-state index in [2.05, 4.69) is 33.2 Å². The van der Waals surface area contributed by atoms with E-state index in [1.54, 1.807) is 12.1 Å². The normalized spacial score (nSPS) is 10.3. The molecular weight excluding hydrogens is 359 g/mol. The first-order valence-electron chi connectivity index (χ1n) is 5.96. The van der Waals surface area contributed by atoms with Crippen molar-refractivity contribution in [2.45, 2.75) is 26.3 Å². The summed E-state index contributed by atoms with van der Waals surface area (Å²) in [6, 6.07) is 4.87. The zero-order chi connectivity index (χ0) is 14.4. The molecule has 6 heteroatoms. The Morgan fingerprint density at radius 3 is 2.68 bits per heavy atom. The molecular formula is C13H17IN2O3. The molecule has 0 bridgehead atoms. The molecule has 0 fully saturated rings. The molecule has 2 amide bonds. The minimum absolute atomic E-state index is 0.0652. The SMILES string of the molecule is CC(C)NC(=O)CCNC(=O)c1cc(I)ccc1O. The van der Waals surface area contributed by atoms with Gasteiger partial charge in [-0.1, -0.05) is 0 Å². The van der Waals surface area contributed by atoms with Crippen LogP contribution in [0.1, 0.15) is 30.6 Å². The van der Waals surface area contributed by atoms with Gasteiger partial charge in [-0.15, -0.1) is 0 Å². The number of hydrogen-bond acceptors (Lipinski definition) is 3. The number of nitrogens with one attached hydrogen (secondary N) is 2. The zero-order valence-electron chi connectivity index (χ0n) is 10.9. The fourth-order valence-corrected chi connectivity index (χ4v) is 1.96. The lowest BCUT2D eigenvalue weighted by molar-refractivity contribution is -0.121. The Labute approximate surface area is 125 Å². The molecule has 0 aliphatic carbocycles. The summed E-state index contributed by atoms with van der Waals surface area (Å²) in [7, 11) is 0. The third-order valence-corrected chi connectivity index (χ3v) is 2.96. The Morgan fingerprint density at radius 1 is 1.37 bits per heavy atom. The summed E-state index contributed by atoms with van der Waals surface area (Å²) in [5.41, 5.74) is 0.219. The zero-order valence-corrected chi connectivity index (χ0v) is 13.0. The fraction of sp³-hybridized carbons (Fsp3) is 0.385. The van der Waals surface area contributed by atoms with Crippen LogP contribution >= 0.6 is 22.6 Å². The summed E-state index contributed by atoms with van der Waals surface area (Å²) < 4.78 is 0.859. The molecule has 1 aromatic carbocycles. The third-order valence-electron chi connectivity index (χ3n) is 2.29. The van der Waals surface area contributed by atoms with Crippen molar-refractivity contribution in [1.29, 1.82) is 0 Å². The third kappa shape index (κ3) is 5.46. The Kier molecular flexibility index (Phi) is 6.07. The van der Waals surface area contributed by atoms with E-state index in [1.165, 1.54) is 6.07 Å². The van der Waals surface area contributed by atoms with Gasteiger partial charge >= 0.3 is 0 Å². The molecule has 19 heavy (non-hydrogen) atoms. The highest BCUT2D eigenvalue weighted by Gasteiger charge is 2.11. The summed E-state index contributed by atoms with van der Waals surface area (Å²) in [4.78, 5) is 23.2. The highest BCUT2D eigenvalue weighted by Crippen LogP contribution is 2.19. The summed E-state index contributed by atoms with van der Waals surface area (Å²) in [5, 5.41) is 14.9. The fourth-order valence-electron chi connectivity index (χ4n) is 1.47. The largest absolute Gasteiger partial charge is 0.507 e. The number of benzene rings is 1. The molecule has 0 unspecified atom stereocenters. The van der Waals surface area contributed by atoms with E-state index in [0.29, 0.717) is 0 Å². The highest BCUT2D eigenvalue weighted by atomic mass is 127. The Balaban J connectivity index is 2.48. The summed E-state index contributed by atoms with van der Waals surface area (Å²) in [5.74, 6) is -0.555. The summed E-state index contributed by atoms with van der Waals surface area (Å²) in [6.45, 7) is 3.99. The lowest BCUT2D eigenvalue weighted by atomic mass is 10.2. The Bertz CT molecular complexity index is 475. The van der Waals surface area contributed by atoms with Gasteiger partial charge in [0, 0.05) is 22.6 Å². The van der Waals surface area contributed by atoms with E-state index in [-0.39, 0.29) is 42.1 Å². The van der Waals surface area contributed by atoms with Gasteiger partial charge in [0.1, 0.15) is 5.75 Å². The van der Waals surface area contributed by atoms with Crippen molar-refractivity contribution >= 4 is 34.4 Å². The molecule has 0 atom stereocenters. The molecule has 0 saturated heterocycles. The van der Waals surface area contributed by atoms with E-state index < -0.39 is 0 Å². The molecule has 0 radical (unpaired) electrons. The maximum Gasteiger partial charge on any atom is 0.255 e. The second-order valence-electron chi connectivity index (χ2n) is 4.39. The number of phenolic OH excluding ortho intramolecular Hbond substituents is 1. The smallest absolute Gasteiger partial charge is 0.255 e. The van der Waals surface area contributed by atoms with Gasteiger partial charge in [-0.05, 0) is 54.6 Å². The van der Waals surface area contributed by atoms with E-state index in [0.717, 1.165) is 3.57 Å². The number of halogens is 1. The molecule has 104 valence electrons. The van der Waals surface area contributed by atoms with Crippen LogP contribution in [0.3, 0.4) is 0 Å². The molecule has 0 heterocycles. The van der Waals surface area contributed by atoms with Gasteiger partial charge in [0.05, 0.1) is 5.56 Å². The second kappa shape index (κ2) is 7.32. The number of carbonyl (C=O) groups excluding carboxylic acids is 2.